The highest BCUT2D eigenvalue weighted by Crippen LogP contribution is 2.34. The molecule has 3 nitrogen and oxygen atoms in total. The molecule has 15 heavy (non-hydrogen) atoms. The van der Waals surface area contributed by atoms with E-state index in [1.807, 2.05) is 18.7 Å². The molecule has 0 aliphatic heterocycles. The van der Waals surface area contributed by atoms with Crippen molar-refractivity contribution in [2.45, 2.75) is 48.2 Å². The molecule has 0 spiro atoms. The van der Waals surface area contributed by atoms with Crippen molar-refractivity contribution in [3.8, 4) is 0 Å². The molecular weight excluding hydrogens is 226 g/mol. The minimum absolute atomic E-state index is 0.646. The zero-order chi connectivity index (χ0) is 10.7. The first-order chi connectivity index (χ1) is 7.29. The van der Waals surface area contributed by atoms with Crippen molar-refractivity contribution < 1.29 is 0 Å². The van der Waals surface area contributed by atoms with Crippen LogP contribution in [0.5, 0.6) is 0 Å². The van der Waals surface area contributed by atoms with Gasteiger partial charge in [-0.2, -0.15) is 4.37 Å². The Bertz CT molecular complexity index is 313. The molecule has 0 saturated heterocycles. The third-order valence-electron chi connectivity index (χ3n) is 2.83. The Labute approximate surface area is 99.2 Å². The van der Waals surface area contributed by atoms with Crippen LogP contribution in [0.3, 0.4) is 0 Å². The van der Waals surface area contributed by atoms with Crippen molar-refractivity contribution in [3.63, 3.8) is 0 Å². The van der Waals surface area contributed by atoms with E-state index in [1.54, 1.807) is 0 Å². The van der Waals surface area contributed by atoms with Crippen LogP contribution in [0.1, 0.15) is 31.5 Å². The molecule has 2 atom stereocenters. The van der Waals surface area contributed by atoms with Crippen LogP contribution >= 0.6 is 23.3 Å². The molecular formula is C10H17N3S2. The van der Waals surface area contributed by atoms with Crippen molar-refractivity contribution in [2.75, 3.05) is 7.05 Å². The topological polar surface area (TPSA) is 37.8 Å². The SMILES string of the molecule is CNC1CCCCC1Sc1nc(C)ns1. The lowest BCUT2D eigenvalue weighted by Crippen LogP contribution is -2.38. The first-order valence-corrected chi connectivity index (χ1v) is 7.09. The number of hydrogen-bond donors (Lipinski definition) is 1. The van der Waals surface area contributed by atoms with Gasteiger partial charge in [0.15, 0.2) is 4.34 Å². The lowest BCUT2D eigenvalue weighted by atomic mass is 9.95. The smallest absolute Gasteiger partial charge is 0.170 e. The molecule has 1 saturated carbocycles. The number of aryl methyl sites for hydroxylation is 1. The summed E-state index contributed by atoms with van der Waals surface area (Å²) in [7, 11) is 2.06. The van der Waals surface area contributed by atoms with Crippen molar-refractivity contribution in [1.82, 2.24) is 14.7 Å². The highest BCUT2D eigenvalue weighted by Gasteiger charge is 2.25. The number of aromatic nitrogens is 2. The minimum Gasteiger partial charge on any atom is -0.316 e. The maximum atomic E-state index is 4.42. The Morgan fingerprint density at radius 2 is 2.20 bits per heavy atom. The average Bonchev–Trinajstić information content (AvgIpc) is 2.65. The quantitative estimate of drug-likeness (QED) is 0.885. The molecule has 0 bridgehead atoms. The summed E-state index contributed by atoms with van der Waals surface area (Å²) in [4.78, 5) is 4.42. The van der Waals surface area contributed by atoms with Crippen molar-refractivity contribution >= 4 is 23.3 Å². The van der Waals surface area contributed by atoms with Crippen molar-refractivity contribution in [2.24, 2.45) is 0 Å². The van der Waals surface area contributed by atoms with Gasteiger partial charge in [-0.1, -0.05) is 24.6 Å². The Morgan fingerprint density at radius 1 is 1.40 bits per heavy atom. The Kier molecular flexibility index (Phi) is 3.99. The standard InChI is InChI=1S/C10H17N3S2/c1-7-12-10(15-13-7)14-9-6-4-3-5-8(9)11-2/h8-9,11H,3-6H2,1-2H3. The fourth-order valence-corrected chi connectivity index (χ4v) is 4.27. The lowest BCUT2D eigenvalue weighted by molar-refractivity contribution is 0.405. The van der Waals surface area contributed by atoms with Gasteiger partial charge in [-0.3, -0.25) is 0 Å². The summed E-state index contributed by atoms with van der Waals surface area (Å²) in [6.45, 7) is 1.96. The summed E-state index contributed by atoms with van der Waals surface area (Å²) < 4.78 is 5.35. The molecule has 5 heteroatoms. The van der Waals surface area contributed by atoms with Gasteiger partial charge in [-0.05, 0) is 38.3 Å². The van der Waals surface area contributed by atoms with E-state index in [-0.39, 0.29) is 0 Å². The summed E-state index contributed by atoms with van der Waals surface area (Å²) in [6.07, 6.45) is 5.31. The van der Waals surface area contributed by atoms with Crippen LogP contribution in [0.4, 0.5) is 0 Å². The molecule has 1 fully saturated rings. The number of nitrogens with one attached hydrogen (secondary N) is 1. The van der Waals surface area contributed by atoms with Gasteiger partial charge in [-0.15, -0.1) is 0 Å². The van der Waals surface area contributed by atoms with E-state index in [0.717, 1.165) is 10.2 Å². The van der Waals surface area contributed by atoms with Crippen LogP contribution in [0.15, 0.2) is 4.34 Å². The zero-order valence-electron chi connectivity index (χ0n) is 9.19. The molecule has 2 unspecified atom stereocenters. The molecule has 0 amide bonds. The van der Waals surface area contributed by atoms with Crippen LogP contribution in [-0.4, -0.2) is 27.7 Å². The zero-order valence-corrected chi connectivity index (χ0v) is 10.8. The van der Waals surface area contributed by atoms with Gasteiger partial charge in [0, 0.05) is 11.3 Å². The van der Waals surface area contributed by atoms with Gasteiger partial charge in [0.2, 0.25) is 0 Å². The molecule has 1 aliphatic rings. The summed E-state index contributed by atoms with van der Waals surface area (Å²) in [6, 6.07) is 0.646. The van der Waals surface area contributed by atoms with Crippen LogP contribution in [0, 0.1) is 6.92 Å². The van der Waals surface area contributed by atoms with E-state index < -0.39 is 0 Å². The summed E-state index contributed by atoms with van der Waals surface area (Å²) >= 11 is 3.43. The van der Waals surface area contributed by atoms with Gasteiger partial charge in [0.1, 0.15) is 5.82 Å². The van der Waals surface area contributed by atoms with E-state index >= 15 is 0 Å². The molecule has 1 aromatic rings. The predicted molar refractivity (Wildman–Crippen MR) is 65.6 cm³/mol. The number of rotatable bonds is 3. The van der Waals surface area contributed by atoms with Gasteiger partial charge in [0.05, 0.1) is 0 Å². The number of nitrogens with zero attached hydrogens (tertiary/aromatic N) is 2. The highest BCUT2D eigenvalue weighted by atomic mass is 32.2. The lowest BCUT2D eigenvalue weighted by Gasteiger charge is -2.29. The molecule has 0 aromatic carbocycles. The molecule has 1 aliphatic carbocycles. The summed E-state index contributed by atoms with van der Waals surface area (Å²) in [5, 5.41) is 4.09. The normalized spacial score (nSPS) is 26.8. The Balaban J connectivity index is 1.97. The predicted octanol–water partition coefficient (Wildman–Crippen LogP) is 2.47. The second-order valence-electron chi connectivity index (χ2n) is 3.94. The fourth-order valence-electron chi connectivity index (χ4n) is 2.02. The first kappa shape index (κ1) is 11.4. The van der Waals surface area contributed by atoms with Crippen LogP contribution < -0.4 is 5.32 Å². The minimum atomic E-state index is 0.646. The third kappa shape index (κ3) is 2.92. The van der Waals surface area contributed by atoms with Crippen LogP contribution in [0.25, 0.3) is 0 Å². The molecule has 2 rings (SSSR count). The number of hydrogen-bond acceptors (Lipinski definition) is 5. The monoisotopic (exact) mass is 243 g/mol. The third-order valence-corrected chi connectivity index (χ3v) is 5.11. The summed E-state index contributed by atoms with van der Waals surface area (Å²) in [5.41, 5.74) is 0. The largest absolute Gasteiger partial charge is 0.316 e. The van der Waals surface area contributed by atoms with Gasteiger partial charge < -0.3 is 5.32 Å². The van der Waals surface area contributed by atoms with Crippen molar-refractivity contribution in [3.05, 3.63) is 5.82 Å². The average molecular weight is 243 g/mol. The first-order valence-electron chi connectivity index (χ1n) is 5.44. The van der Waals surface area contributed by atoms with Crippen LogP contribution in [-0.2, 0) is 0 Å². The van der Waals surface area contributed by atoms with E-state index in [2.05, 4.69) is 21.7 Å². The van der Waals surface area contributed by atoms with Gasteiger partial charge in [0.25, 0.3) is 0 Å². The van der Waals surface area contributed by atoms with E-state index in [1.165, 1.54) is 37.2 Å². The Morgan fingerprint density at radius 3 is 2.87 bits per heavy atom. The van der Waals surface area contributed by atoms with E-state index in [0.29, 0.717) is 11.3 Å². The Hall–Kier alpha value is -0.130. The molecule has 1 N–H and O–H groups in total. The summed E-state index contributed by atoms with van der Waals surface area (Å²) in [5.74, 6) is 0.902. The number of thioether (sulfide) groups is 1. The molecule has 84 valence electrons. The molecule has 0 radical (unpaired) electrons. The fraction of sp³-hybridized carbons (Fsp3) is 0.800. The van der Waals surface area contributed by atoms with E-state index in [4.69, 9.17) is 0 Å². The van der Waals surface area contributed by atoms with Crippen molar-refractivity contribution in [1.29, 1.82) is 0 Å². The second kappa shape index (κ2) is 5.27. The maximum absolute atomic E-state index is 4.42. The van der Waals surface area contributed by atoms with E-state index in [9.17, 15) is 0 Å². The maximum Gasteiger partial charge on any atom is 0.170 e. The molecule has 1 aromatic heterocycles. The second-order valence-corrected chi connectivity index (χ2v) is 6.18. The highest BCUT2D eigenvalue weighted by molar-refractivity contribution is 8.01. The van der Waals surface area contributed by atoms with Gasteiger partial charge in [-0.25, -0.2) is 4.98 Å². The van der Waals surface area contributed by atoms with Crippen LogP contribution in [0.2, 0.25) is 0 Å². The molecule has 1 heterocycles. The van der Waals surface area contributed by atoms with Gasteiger partial charge >= 0.3 is 0 Å².